The number of rotatable bonds is 6. The van der Waals surface area contributed by atoms with Gasteiger partial charge in [0.25, 0.3) is 11.8 Å². The maximum Gasteiger partial charge on any atom is 0.268 e. The molecule has 1 aromatic carbocycles. The zero-order valence-electron chi connectivity index (χ0n) is 17.0. The molecule has 0 aliphatic carbocycles. The SMILES string of the molecule is O=C(N[C@@H](Cc1ccccc1)[C@H](O)C(=O)N1CC(O)[C@@H](O)C1)c1cc2cc(Cl)ncc2[nH]1. The van der Waals surface area contributed by atoms with Crippen LogP contribution in [0.3, 0.4) is 0 Å². The van der Waals surface area contributed by atoms with Crippen molar-refractivity contribution in [3.05, 3.63) is 65.1 Å². The summed E-state index contributed by atoms with van der Waals surface area (Å²) in [4.78, 5) is 33.9. The molecule has 1 unspecified atom stereocenters. The van der Waals surface area contributed by atoms with Gasteiger partial charge in [0, 0.05) is 18.5 Å². The van der Waals surface area contributed by atoms with Gasteiger partial charge in [0.05, 0.1) is 30.0 Å². The van der Waals surface area contributed by atoms with Crippen LogP contribution < -0.4 is 5.32 Å². The Bertz CT molecular complexity index is 1110. The average Bonchev–Trinajstić information content (AvgIpc) is 3.35. The van der Waals surface area contributed by atoms with Crippen LogP contribution >= 0.6 is 11.6 Å². The second-order valence-corrected chi connectivity index (χ2v) is 8.26. The number of halogens is 1. The molecule has 2 amide bonds. The first-order chi connectivity index (χ1) is 15.3. The highest BCUT2D eigenvalue weighted by molar-refractivity contribution is 6.30. The number of carbonyl (C=O) groups is 2. The van der Waals surface area contributed by atoms with Gasteiger partial charge in [-0.15, -0.1) is 0 Å². The number of likely N-dealkylation sites (tertiary alicyclic amines) is 1. The Kier molecular flexibility index (Phi) is 6.43. The van der Waals surface area contributed by atoms with Crippen LogP contribution in [0.25, 0.3) is 10.9 Å². The fourth-order valence-electron chi connectivity index (χ4n) is 3.79. The van der Waals surface area contributed by atoms with E-state index in [1.165, 1.54) is 11.1 Å². The Morgan fingerprint density at radius 2 is 1.88 bits per heavy atom. The highest BCUT2D eigenvalue weighted by Gasteiger charge is 2.38. The summed E-state index contributed by atoms with van der Waals surface area (Å²) in [6.45, 7) is -0.169. The zero-order valence-corrected chi connectivity index (χ0v) is 17.7. The summed E-state index contributed by atoms with van der Waals surface area (Å²) in [6, 6.07) is 11.4. The van der Waals surface area contributed by atoms with E-state index in [-0.39, 0.29) is 25.2 Å². The normalized spacial score (nSPS) is 20.3. The maximum absolute atomic E-state index is 12.9. The van der Waals surface area contributed by atoms with Crippen molar-refractivity contribution < 1.29 is 24.9 Å². The lowest BCUT2D eigenvalue weighted by Crippen LogP contribution is -2.52. The topological polar surface area (TPSA) is 139 Å². The molecule has 0 radical (unpaired) electrons. The van der Waals surface area contributed by atoms with Gasteiger partial charge in [-0.05, 0) is 24.1 Å². The summed E-state index contributed by atoms with van der Waals surface area (Å²) in [6.07, 6.45) is -2.00. The first kappa shape index (κ1) is 22.2. The van der Waals surface area contributed by atoms with E-state index in [2.05, 4.69) is 15.3 Å². The number of amides is 2. The van der Waals surface area contributed by atoms with E-state index in [9.17, 15) is 24.9 Å². The van der Waals surface area contributed by atoms with E-state index in [0.29, 0.717) is 16.1 Å². The van der Waals surface area contributed by atoms with Crippen LogP contribution in [-0.4, -0.2) is 79.4 Å². The highest BCUT2D eigenvalue weighted by atomic mass is 35.5. The van der Waals surface area contributed by atoms with Gasteiger partial charge in [-0.3, -0.25) is 9.59 Å². The van der Waals surface area contributed by atoms with E-state index in [4.69, 9.17) is 11.6 Å². The number of nitrogens with zero attached hydrogens (tertiary/aromatic N) is 2. The van der Waals surface area contributed by atoms with Crippen LogP contribution in [0.5, 0.6) is 0 Å². The summed E-state index contributed by atoms with van der Waals surface area (Å²) in [5.74, 6) is -1.18. The summed E-state index contributed by atoms with van der Waals surface area (Å²) in [5, 5.41) is 34.1. The van der Waals surface area contributed by atoms with Crippen molar-refractivity contribution in [2.24, 2.45) is 0 Å². The fourth-order valence-corrected chi connectivity index (χ4v) is 3.96. The monoisotopic (exact) mass is 458 g/mol. The molecule has 2 aromatic heterocycles. The van der Waals surface area contributed by atoms with Gasteiger partial charge in [-0.2, -0.15) is 0 Å². The molecule has 3 heterocycles. The molecule has 32 heavy (non-hydrogen) atoms. The number of H-pyrrole nitrogens is 1. The van der Waals surface area contributed by atoms with Crippen molar-refractivity contribution in [3.63, 3.8) is 0 Å². The van der Waals surface area contributed by atoms with Crippen molar-refractivity contribution >= 4 is 34.3 Å². The largest absolute Gasteiger partial charge is 0.388 e. The molecule has 3 aromatic rings. The van der Waals surface area contributed by atoms with E-state index in [0.717, 1.165) is 5.56 Å². The third-order valence-electron chi connectivity index (χ3n) is 5.54. The van der Waals surface area contributed by atoms with Gasteiger partial charge in [0.1, 0.15) is 10.8 Å². The first-order valence-corrected chi connectivity index (χ1v) is 10.5. The predicted molar refractivity (Wildman–Crippen MR) is 117 cm³/mol. The maximum atomic E-state index is 12.9. The minimum absolute atomic E-state index is 0.0845. The molecule has 1 saturated heterocycles. The van der Waals surface area contributed by atoms with Crippen molar-refractivity contribution in [1.29, 1.82) is 0 Å². The number of hydrogen-bond acceptors (Lipinski definition) is 6. The highest BCUT2D eigenvalue weighted by Crippen LogP contribution is 2.19. The summed E-state index contributed by atoms with van der Waals surface area (Å²) < 4.78 is 0. The number of β-amino-alcohol motifs (C(OH)–C–C–N with tert-alkyl or cyclic N) is 2. The van der Waals surface area contributed by atoms with E-state index >= 15 is 0 Å². The minimum Gasteiger partial charge on any atom is -0.388 e. The molecule has 4 atom stereocenters. The molecule has 10 heteroatoms. The van der Waals surface area contributed by atoms with Crippen LogP contribution in [0.1, 0.15) is 16.1 Å². The molecule has 9 nitrogen and oxygen atoms in total. The Labute approximate surface area is 188 Å². The fraction of sp³-hybridized carbons (Fsp3) is 0.318. The van der Waals surface area contributed by atoms with Gasteiger partial charge in [0.15, 0.2) is 6.10 Å². The molecule has 0 saturated carbocycles. The molecule has 4 rings (SSSR count). The first-order valence-electron chi connectivity index (χ1n) is 10.1. The molecule has 0 bridgehead atoms. The molecule has 5 N–H and O–H groups in total. The Morgan fingerprint density at radius 1 is 1.19 bits per heavy atom. The van der Waals surface area contributed by atoms with Crippen LogP contribution in [0.15, 0.2) is 48.7 Å². The van der Waals surface area contributed by atoms with Gasteiger partial charge in [-0.25, -0.2) is 4.98 Å². The Hall–Kier alpha value is -2.98. The van der Waals surface area contributed by atoms with Crippen molar-refractivity contribution in [3.8, 4) is 0 Å². The third kappa shape index (κ3) is 4.76. The molecular formula is C22H23ClN4O5. The number of aromatic nitrogens is 2. The van der Waals surface area contributed by atoms with E-state index < -0.39 is 36.2 Å². The lowest BCUT2D eigenvalue weighted by atomic mass is 10.00. The summed E-state index contributed by atoms with van der Waals surface area (Å²) in [7, 11) is 0. The van der Waals surface area contributed by atoms with Crippen molar-refractivity contribution in [1.82, 2.24) is 20.2 Å². The molecule has 0 spiro atoms. The number of hydrogen-bond donors (Lipinski definition) is 5. The number of aromatic amines is 1. The van der Waals surface area contributed by atoms with Gasteiger partial charge in [0.2, 0.25) is 0 Å². The molecule has 1 aliphatic heterocycles. The van der Waals surface area contributed by atoms with Gasteiger partial charge < -0.3 is 30.5 Å². The lowest BCUT2D eigenvalue weighted by molar-refractivity contribution is -0.141. The standard InChI is InChI=1S/C22H23ClN4O5/c23-19-8-13-7-15(25-16(13)9-24-19)21(31)26-14(6-12-4-2-1-3-5-12)20(30)22(32)27-10-17(28)18(29)11-27/h1-5,7-9,14,17-18,20,25,28-30H,6,10-11H2,(H,26,31)/t14-,17-,18?,20-/m0/s1. The molecule has 1 aliphatic rings. The van der Waals surface area contributed by atoms with Crippen LogP contribution in [-0.2, 0) is 11.2 Å². The van der Waals surface area contributed by atoms with E-state index in [1.807, 2.05) is 30.3 Å². The van der Waals surface area contributed by atoms with Gasteiger partial charge in [-0.1, -0.05) is 41.9 Å². The number of carbonyl (C=O) groups excluding carboxylic acids is 2. The third-order valence-corrected chi connectivity index (χ3v) is 5.74. The van der Waals surface area contributed by atoms with E-state index in [1.54, 1.807) is 12.1 Å². The Morgan fingerprint density at radius 3 is 2.56 bits per heavy atom. The van der Waals surface area contributed by atoms with Crippen LogP contribution in [0.2, 0.25) is 5.15 Å². The molecular weight excluding hydrogens is 436 g/mol. The number of benzene rings is 1. The van der Waals surface area contributed by atoms with Crippen molar-refractivity contribution in [2.45, 2.75) is 30.8 Å². The summed E-state index contributed by atoms with van der Waals surface area (Å²) >= 11 is 5.90. The Balaban J connectivity index is 1.55. The second-order valence-electron chi connectivity index (χ2n) is 7.87. The molecule has 1 fully saturated rings. The number of aliphatic hydroxyl groups excluding tert-OH is 3. The number of fused-ring (bicyclic) bond motifs is 1. The van der Waals surface area contributed by atoms with Crippen molar-refractivity contribution in [2.75, 3.05) is 13.1 Å². The second kappa shape index (κ2) is 9.25. The lowest BCUT2D eigenvalue weighted by Gasteiger charge is -2.27. The minimum atomic E-state index is -1.57. The summed E-state index contributed by atoms with van der Waals surface area (Å²) in [5.41, 5.74) is 1.67. The van der Waals surface area contributed by atoms with Crippen LogP contribution in [0, 0.1) is 0 Å². The quantitative estimate of drug-likeness (QED) is 0.340. The number of aliphatic hydroxyl groups is 3. The smallest absolute Gasteiger partial charge is 0.268 e. The average molecular weight is 459 g/mol. The van der Waals surface area contributed by atoms with Crippen LogP contribution in [0.4, 0.5) is 0 Å². The molecule has 168 valence electrons. The predicted octanol–water partition coefficient (Wildman–Crippen LogP) is 0.482. The van der Waals surface area contributed by atoms with Gasteiger partial charge >= 0.3 is 0 Å². The zero-order chi connectivity index (χ0) is 22.8. The number of pyridine rings is 1. The number of nitrogens with one attached hydrogen (secondary N) is 2.